The molecule has 27 heavy (non-hydrogen) atoms. The Morgan fingerprint density at radius 3 is 2.15 bits per heavy atom. The van der Waals surface area contributed by atoms with Gasteiger partial charge in [0.2, 0.25) is 5.75 Å². The lowest BCUT2D eigenvalue weighted by molar-refractivity contribution is 0.0694. The molecule has 0 fully saturated rings. The molecule has 2 rings (SSSR count). The molecule has 2 N–H and O–H groups in total. The van der Waals surface area contributed by atoms with E-state index in [-0.39, 0.29) is 5.56 Å². The number of aromatic carboxylic acids is 1. The van der Waals surface area contributed by atoms with Crippen LogP contribution < -0.4 is 19.5 Å². The minimum absolute atomic E-state index is 0.133. The number of rotatable bonds is 9. The second kappa shape index (κ2) is 8.77. The molecular formula is C21H27NO5. The van der Waals surface area contributed by atoms with Gasteiger partial charge < -0.3 is 24.6 Å². The van der Waals surface area contributed by atoms with E-state index < -0.39 is 11.5 Å². The fraction of sp³-hybridized carbons (Fsp3) is 0.381. The highest BCUT2D eigenvalue weighted by Gasteiger charge is 2.34. The van der Waals surface area contributed by atoms with E-state index in [0.717, 1.165) is 12.0 Å². The number of ether oxygens (including phenoxy) is 3. The minimum Gasteiger partial charge on any atom is -0.493 e. The van der Waals surface area contributed by atoms with Crippen molar-refractivity contribution in [1.82, 2.24) is 5.32 Å². The maximum atomic E-state index is 12.0. The van der Waals surface area contributed by atoms with E-state index in [2.05, 4.69) is 12.2 Å². The number of likely N-dealkylation sites (N-methyl/N-ethyl adjacent to an activating group) is 1. The van der Waals surface area contributed by atoms with Crippen molar-refractivity contribution in [3.8, 4) is 17.2 Å². The molecule has 6 heteroatoms. The maximum absolute atomic E-state index is 12.0. The number of hydrogen-bond acceptors (Lipinski definition) is 5. The standard InChI is InChI=1S/C21H27NO5/c1-6-21(22-2,14-10-8-7-9-11-14)13-16-15(20(23)24)12-17(25-3)19(27-5)18(16)26-4/h7-12,22H,6,13H2,1-5H3,(H,23,24). The van der Waals surface area contributed by atoms with Crippen LogP contribution in [0.25, 0.3) is 0 Å². The lowest BCUT2D eigenvalue weighted by Crippen LogP contribution is -2.42. The van der Waals surface area contributed by atoms with E-state index in [0.29, 0.717) is 29.2 Å². The molecule has 1 atom stereocenters. The lowest BCUT2D eigenvalue weighted by atomic mass is 9.80. The summed E-state index contributed by atoms with van der Waals surface area (Å²) in [6.45, 7) is 2.07. The molecule has 0 bridgehead atoms. The Hall–Kier alpha value is -2.73. The normalized spacial score (nSPS) is 12.9. The van der Waals surface area contributed by atoms with Gasteiger partial charge in [0.05, 0.1) is 26.9 Å². The van der Waals surface area contributed by atoms with Gasteiger partial charge in [-0.1, -0.05) is 37.3 Å². The van der Waals surface area contributed by atoms with Crippen LogP contribution in [0.4, 0.5) is 0 Å². The fourth-order valence-electron chi connectivity index (χ4n) is 3.48. The highest BCUT2D eigenvalue weighted by Crippen LogP contribution is 2.44. The average Bonchev–Trinajstić information content (AvgIpc) is 2.71. The van der Waals surface area contributed by atoms with Gasteiger partial charge in [-0.3, -0.25) is 0 Å². The van der Waals surface area contributed by atoms with Gasteiger partial charge in [0.25, 0.3) is 0 Å². The quantitative estimate of drug-likeness (QED) is 0.701. The van der Waals surface area contributed by atoms with Crippen LogP contribution in [0.3, 0.4) is 0 Å². The highest BCUT2D eigenvalue weighted by atomic mass is 16.5. The molecule has 0 saturated heterocycles. The van der Waals surface area contributed by atoms with Crippen LogP contribution in [0.1, 0.15) is 34.8 Å². The number of hydrogen-bond donors (Lipinski definition) is 2. The second-order valence-corrected chi connectivity index (χ2v) is 6.21. The van der Waals surface area contributed by atoms with Crippen molar-refractivity contribution in [2.45, 2.75) is 25.3 Å². The molecule has 6 nitrogen and oxygen atoms in total. The number of nitrogens with one attached hydrogen (secondary N) is 1. The SMILES string of the molecule is CCC(Cc1c(C(=O)O)cc(OC)c(OC)c1OC)(NC)c1ccccc1. The summed E-state index contributed by atoms with van der Waals surface area (Å²) in [7, 11) is 6.36. The molecule has 0 saturated carbocycles. The summed E-state index contributed by atoms with van der Waals surface area (Å²) >= 11 is 0. The van der Waals surface area contributed by atoms with Crippen molar-refractivity contribution in [2.24, 2.45) is 0 Å². The molecule has 0 aliphatic carbocycles. The summed E-state index contributed by atoms with van der Waals surface area (Å²) in [6, 6.07) is 11.5. The summed E-state index contributed by atoms with van der Waals surface area (Å²) in [5.74, 6) is 0.0348. The molecule has 0 radical (unpaired) electrons. The van der Waals surface area contributed by atoms with E-state index >= 15 is 0 Å². The highest BCUT2D eigenvalue weighted by molar-refractivity contribution is 5.92. The van der Waals surface area contributed by atoms with Crippen LogP contribution in [-0.2, 0) is 12.0 Å². The molecule has 2 aromatic carbocycles. The predicted molar refractivity (Wildman–Crippen MR) is 104 cm³/mol. The van der Waals surface area contributed by atoms with Crippen LogP contribution in [0.2, 0.25) is 0 Å². The zero-order valence-electron chi connectivity index (χ0n) is 16.5. The zero-order valence-corrected chi connectivity index (χ0v) is 16.5. The first-order valence-electron chi connectivity index (χ1n) is 8.77. The molecular weight excluding hydrogens is 346 g/mol. The molecule has 146 valence electrons. The number of carboxylic acid groups (broad SMARTS) is 1. The van der Waals surface area contributed by atoms with E-state index in [9.17, 15) is 9.90 Å². The van der Waals surface area contributed by atoms with Gasteiger partial charge in [-0.25, -0.2) is 4.79 Å². The first-order chi connectivity index (χ1) is 13.0. The topological polar surface area (TPSA) is 77.0 Å². The van der Waals surface area contributed by atoms with Crippen molar-refractivity contribution in [3.05, 3.63) is 53.1 Å². The van der Waals surface area contributed by atoms with Crippen molar-refractivity contribution >= 4 is 5.97 Å². The van der Waals surface area contributed by atoms with Crippen molar-refractivity contribution in [1.29, 1.82) is 0 Å². The van der Waals surface area contributed by atoms with Gasteiger partial charge >= 0.3 is 5.97 Å². The van der Waals surface area contributed by atoms with Crippen molar-refractivity contribution < 1.29 is 24.1 Å². The van der Waals surface area contributed by atoms with Gasteiger partial charge in [-0.2, -0.15) is 0 Å². The minimum atomic E-state index is -1.04. The summed E-state index contributed by atoms with van der Waals surface area (Å²) in [6.07, 6.45) is 1.17. The summed E-state index contributed by atoms with van der Waals surface area (Å²) in [5, 5.41) is 13.2. The van der Waals surface area contributed by atoms with Crippen LogP contribution in [0.15, 0.2) is 36.4 Å². The second-order valence-electron chi connectivity index (χ2n) is 6.21. The van der Waals surface area contributed by atoms with Gasteiger partial charge in [-0.05, 0) is 31.5 Å². The Labute approximate surface area is 160 Å². The molecule has 1 unspecified atom stereocenters. The first-order valence-corrected chi connectivity index (χ1v) is 8.77. The van der Waals surface area contributed by atoms with Gasteiger partial charge in [0, 0.05) is 11.1 Å². The number of methoxy groups -OCH3 is 3. The third-order valence-corrected chi connectivity index (χ3v) is 5.05. The Kier molecular flexibility index (Phi) is 6.69. The van der Waals surface area contributed by atoms with Crippen molar-refractivity contribution in [2.75, 3.05) is 28.4 Å². The number of carbonyl (C=O) groups is 1. The molecule has 0 spiro atoms. The average molecular weight is 373 g/mol. The van der Waals surface area contributed by atoms with E-state index in [4.69, 9.17) is 14.2 Å². The molecule has 0 heterocycles. The Morgan fingerprint density at radius 2 is 1.70 bits per heavy atom. The smallest absolute Gasteiger partial charge is 0.336 e. The van der Waals surface area contributed by atoms with E-state index in [1.165, 1.54) is 27.4 Å². The van der Waals surface area contributed by atoms with Crippen LogP contribution in [-0.4, -0.2) is 39.5 Å². The van der Waals surface area contributed by atoms with Gasteiger partial charge in [0.1, 0.15) is 0 Å². The zero-order chi connectivity index (χ0) is 20.0. The molecule has 0 amide bonds. The Bertz CT molecular complexity index is 785. The third-order valence-electron chi connectivity index (χ3n) is 5.05. The third kappa shape index (κ3) is 3.85. The largest absolute Gasteiger partial charge is 0.493 e. The molecule has 0 aromatic heterocycles. The molecule has 0 aliphatic rings. The van der Waals surface area contributed by atoms with E-state index in [1.54, 1.807) is 0 Å². The monoisotopic (exact) mass is 373 g/mol. The van der Waals surface area contributed by atoms with Gasteiger partial charge in [-0.15, -0.1) is 0 Å². The molecule has 0 aliphatic heterocycles. The first kappa shape index (κ1) is 20.6. The lowest BCUT2D eigenvalue weighted by Gasteiger charge is -2.34. The Balaban J connectivity index is 2.73. The van der Waals surface area contributed by atoms with Crippen molar-refractivity contribution in [3.63, 3.8) is 0 Å². The van der Waals surface area contributed by atoms with Crippen LogP contribution in [0, 0.1) is 0 Å². The van der Waals surface area contributed by atoms with Gasteiger partial charge in [0.15, 0.2) is 11.5 Å². The van der Waals surface area contributed by atoms with E-state index in [1.807, 2.05) is 37.4 Å². The fourth-order valence-corrected chi connectivity index (χ4v) is 3.48. The molecule has 2 aromatic rings. The Morgan fingerprint density at radius 1 is 1.07 bits per heavy atom. The summed E-state index contributed by atoms with van der Waals surface area (Å²) < 4.78 is 16.3. The number of benzene rings is 2. The number of carboxylic acids is 1. The predicted octanol–water partition coefficient (Wildman–Crippen LogP) is 3.48. The maximum Gasteiger partial charge on any atom is 0.336 e. The summed E-state index contributed by atoms with van der Waals surface area (Å²) in [5.41, 5.74) is 1.30. The van der Waals surface area contributed by atoms with Crippen LogP contribution >= 0.6 is 0 Å². The van der Waals surface area contributed by atoms with Crippen LogP contribution in [0.5, 0.6) is 17.2 Å². The summed E-state index contributed by atoms with van der Waals surface area (Å²) in [4.78, 5) is 12.0.